The van der Waals surface area contributed by atoms with Gasteiger partial charge in [-0.3, -0.25) is 0 Å². The van der Waals surface area contributed by atoms with E-state index in [0.29, 0.717) is 6.07 Å². The van der Waals surface area contributed by atoms with E-state index in [2.05, 4.69) is 4.72 Å². The molecule has 0 amide bonds. The highest BCUT2D eigenvalue weighted by Gasteiger charge is 2.36. The van der Waals surface area contributed by atoms with Crippen LogP contribution < -0.4 is 9.46 Å². The summed E-state index contributed by atoms with van der Waals surface area (Å²) in [6, 6.07) is 9.88. The summed E-state index contributed by atoms with van der Waals surface area (Å²) in [4.78, 5) is -0.405. The molecule has 7 heteroatoms. The van der Waals surface area contributed by atoms with Crippen LogP contribution in [0.2, 0.25) is 0 Å². The second-order valence-electron chi connectivity index (χ2n) is 6.65. The molecule has 0 radical (unpaired) electrons. The number of ether oxygens (including phenoxy) is 1. The zero-order chi connectivity index (χ0) is 18.8. The molecule has 1 N–H and O–H groups in total. The number of nitrogens with one attached hydrogen (secondary N) is 1. The zero-order valence-corrected chi connectivity index (χ0v) is 15.3. The smallest absolute Gasteiger partial charge is 0.240 e. The second kappa shape index (κ2) is 7.32. The highest BCUT2D eigenvalue weighted by molar-refractivity contribution is 7.89. The topological polar surface area (TPSA) is 55.4 Å². The number of hydrogen-bond acceptors (Lipinski definition) is 3. The van der Waals surface area contributed by atoms with Gasteiger partial charge in [0.2, 0.25) is 10.0 Å². The van der Waals surface area contributed by atoms with E-state index in [0.717, 1.165) is 49.1 Å². The van der Waals surface area contributed by atoms with E-state index in [-0.39, 0.29) is 12.0 Å². The van der Waals surface area contributed by atoms with Gasteiger partial charge in [-0.2, -0.15) is 0 Å². The fourth-order valence-electron chi connectivity index (χ4n) is 3.56. The number of benzene rings is 2. The van der Waals surface area contributed by atoms with Gasteiger partial charge >= 0.3 is 0 Å². The Morgan fingerprint density at radius 2 is 1.62 bits per heavy atom. The van der Waals surface area contributed by atoms with Crippen LogP contribution in [0.5, 0.6) is 5.75 Å². The minimum atomic E-state index is -4.01. The summed E-state index contributed by atoms with van der Waals surface area (Å²) in [6.45, 7) is 0.180. The van der Waals surface area contributed by atoms with Gasteiger partial charge in [-0.1, -0.05) is 25.0 Å². The Morgan fingerprint density at radius 1 is 1.04 bits per heavy atom. The average Bonchev–Trinajstić information content (AvgIpc) is 3.10. The molecule has 0 saturated heterocycles. The van der Waals surface area contributed by atoms with Gasteiger partial charge in [0.1, 0.15) is 17.4 Å². The maximum Gasteiger partial charge on any atom is 0.240 e. The number of halogens is 2. The standard InChI is InChI=1S/C19H21F2NO3S/c1-25-17-6-4-14(5-7-17)19(8-2-3-9-19)13-22-26(23,24)18-11-15(20)10-16(21)12-18/h4-7,10-12,22H,2-3,8-9,13H2,1H3. The average molecular weight is 381 g/mol. The Kier molecular flexibility index (Phi) is 5.29. The molecule has 1 aliphatic carbocycles. The van der Waals surface area contributed by atoms with Crippen molar-refractivity contribution in [3.63, 3.8) is 0 Å². The van der Waals surface area contributed by atoms with Crippen LogP contribution in [0.25, 0.3) is 0 Å². The Bertz CT molecular complexity index is 856. The first-order valence-electron chi connectivity index (χ1n) is 8.45. The van der Waals surface area contributed by atoms with Crippen LogP contribution in [0.1, 0.15) is 31.2 Å². The molecular formula is C19H21F2NO3S. The predicted octanol–water partition coefficient (Wildman–Crippen LogP) is 3.76. The molecule has 2 aromatic carbocycles. The molecule has 4 nitrogen and oxygen atoms in total. The molecule has 26 heavy (non-hydrogen) atoms. The molecule has 2 aromatic rings. The largest absolute Gasteiger partial charge is 0.497 e. The molecule has 3 rings (SSSR count). The minimum absolute atomic E-state index is 0.180. The highest BCUT2D eigenvalue weighted by atomic mass is 32.2. The van der Waals surface area contributed by atoms with E-state index in [9.17, 15) is 17.2 Å². The minimum Gasteiger partial charge on any atom is -0.497 e. The van der Waals surface area contributed by atoms with Crippen LogP contribution in [-0.4, -0.2) is 22.1 Å². The van der Waals surface area contributed by atoms with Crippen molar-refractivity contribution in [2.75, 3.05) is 13.7 Å². The van der Waals surface area contributed by atoms with Gasteiger partial charge in [0.05, 0.1) is 12.0 Å². The molecule has 0 heterocycles. The molecule has 1 aliphatic rings. The van der Waals surface area contributed by atoms with E-state index in [1.165, 1.54) is 0 Å². The number of rotatable bonds is 6. The monoisotopic (exact) mass is 381 g/mol. The summed E-state index contributed by atoms with van der Waals surface area (Å²) in [5.41, 5.74) is 0.703. The van der Waals surface area contributed by atoms with E-state index in [4.69, 9.17) is 4.74 Å². The maximum absolute atomic E-state index is 13.4. The molecule has 0 atom stereocenters. The first kappa shape index (κ1) is 18.8. The third-order valence-corrected chi connectivity index (χ3v) is 6.39. The number of hydrogen-bond donors (Lipinski definition) is 1. The SMILES string of the molecule is COc1ccc(C2(CNS(=O)(=O)c3cc(F)cc(F)c3)CCCC2)cc1. The molecule has 0 bridgehead atoms. The van der Waals surface area contributed by atoms with E-state index >= 15 is 0 Å². The van der Waals surface area contributed by atoms with Crippen molar-refractivity contribution in [2.24, 2.45) is 0 Å². The molecular weight excluding hydrogens is 360 g/mol. The third kappa shape index (κ3) is 3.88. The molecule has 0 spiro atoms. The lowest BCUT2D eigenvalue weighted by Gasteiger charge is -2.30. The normalized spacial score (nSPS) is 16.6. The van der Waals surface area contributed by atoms with Crippen LogP contribution in [0.3, 0.4) is 0 Å². The lowest BCUT2D eigenvalue weighted by molar-refractivity contribution is 0.410. The quantitative estimate of drug-likeness (QED) is 0.829. The Hall–Kier alpha value is -1.99. The van der Waals surface area contributed by atoms with Crippen molar-refractivity contribution in [3.8, 4) is 5.75 Å². The van der Waals surface area contributed by atoms with Crippen molar-refractivity contribution in [3.05, 3.63) is 59.7 Å². The van der Waals surface area contributed by atoms with Crippen LogP contribution in [0, 0.1) is 11.6 Å². The van der Waals surface area contributed by atoms with E-state index in [1.807, 2.05) is 24.3 Å². The molecule has 0 aromatic heterocycles. The van der Waals surface area contributed by atoms with Crippen LogP contribution in [-0.2, 0) is 15.4 Å². The summed E-state index contributed by atoms with van der Waals surface area (Å²) in [5, 5.41) is 0. The van der Waals surface area contributed by atoms with Crippen LogP contribution >= 0.6 is 0 Å². The Labute approximate surface area is 152 Å². The molecule has 140 valence electrons. The highest BCUT2D eigenvalue weighted by Crippen LogP contribution is 2.41. The van der Waals surface area contributed by atoms with Gasteiger partial charge in [-0.15, -0.1) is 0 Å². The molecule has 0 aliphatic heterocycles. The van der Waals surface area contributed by atoms with Crippen LogP contribution in [0.15, 0.2) is 47.4 Å². The zero-order valence-electron chi connectivity index (χ0n) is 14.5. The first-order valence-corrected chi connectivity index (χ1v) is 9.93. The van der Waals surface area contributed by atoms with Crippen molar-refractivity contribution >= 4 is 10.0 Å². The van der Waals surface area contributed by atoms with Crippen molar-refractivity contribution in [1.29, 1.82) is 0 Å². The lowest BCUT2D eigenvalue weighted by atomic mass is 9.79. The summed E-state index contributed by atoms with van der Waals surface area (Å²) in [6.07, 6.45) is 3.70. The van der Waals surface area contributed by atoms with E-state index in [1.54, 1.807) is 7.11 Å². The summed E-state index contributed by atoms with van der Waals surface area (Å²) >= 11 is 0. The van der Waals surface area contributed by atoms with Crippen molar-refractivity contribution < 1.29 is 21.9 Å². The predicted molar refractivity (Wildman–Crippen MR) is 94.7 cm³/mol. The van der Waals surface area contributed by atoms with Crippen molar-refractivity contribution in [1.82, 2.24) is 4.72 Å². The van der Waals surface area contributed by atoms with Gasteiger partial charge in [0.25, 0.3) is 0 Å². The Morgan fingerprint density at radius 3 is 2.15 bits per heavy atom. The molecule has 0 unspecified atom stereocenters. The van der Waals surface area contributed by atoms with Gasteiger partial charge in [0.15, 0.2) is 0 Å². The maximum atomic E-state index is 13.4. The molecule has 1 saturated carbocycles. The first-order chi connectivity index (χ1) is 12.3. The fraction of sp³-hybridized carbons (Fsp3) is 0.368. The van der Waals surface area contributed by atoms with E-state index < -0.39 is 26.6 Å². The third-order valence-electron chi connectivity index (χ3n) is 5.01. The number of sulfonamides is 1. The summed E-state index contributed by atoms with van der Waals surface area (Å²) < 4.78 is 59.5. The summed E-state index contributed by atoms with van der Waals surface area (Å²) in [7, 11) is -2.42. The van der Waals surface area contributed by atoms with Crippen molar-refractivity contribution in [2.45, 2.75) is 36.0 Å². The van der Waals surface area contributed by atoms with Crippen LogP contribution in [0.4, 0.5) is 8.78 Å². The molecule has 1 fully saturated rings. The summed E-state index contributed by atoms with van der Waals surface area (Å²) in [5.74, 6) is -1.11. The van der Waals surface area contributed by atoms with Gasteiger partial charge in [-0.25, -0.2) is 21.9 Å². The number of methoxy groups -OCH3 is 1. The fourth-order valence-corrected chi connectivity index (χ4v) is 4.73. The Balaban J connectivity index is 1.84. The van der Waals surface area contributed by atoms with Gasteiger partial charge in [-0.05, 0) is 42.7 Å². The lowest BCUT2D eigenvalue weighted by Crippen LogP contribution is -2.39. The van der Waals surface area contributed by atoms with Gasteiger partial charge < -0.3 is 4.74 Å². The second-order valence-corrected chi connectivity index (χ2v) is 8.41. The van der Waals surface area contributed by atoms with Gasteiger partial charge in [0, 0.05) is 18.0 Å².